The van der Waals surface area contributed by atoms with E-state index in [4.69, 9.17) is 27.5 Å². The van der Waals surface area contributed by atoms with E-state index >= 15 is 0 Å². The Kier molecular flexibility index (Phi) is 8.62. The van der Waals surface area contributed by atoms with Crippen molar-refractivity contribution in [3.63, 3.8) is 0 Å². The first-order valence-electron chi connectivity index (χ1n) is 5.68. The van der Waals surface area contributed by atoms with E-state index in [2.05, 4.69) is 6.58 Å². The largest absolute Gasteiger partial charge is 0.534 e. The average molecular weight is 280 g/mol. The number of ether oxygens (including phenoxy) is 3. The van der Waals surface area contributed by atoms with Crippen molar-refractivity contribution in [2.75, 3.05) is 21.3 Å². The van der Waals surface area contributed by atoms with Crippen molar-refractivity contribution in [3.05, 3.63) is 12.3 Å². The predicted molar refractivity (Wildman–Crippen MR) is 68.6 cm³/mol. The lowest BCUT2D eigenvalue weighted by Gasteiger charge is -2.32. The van der Waals surface area contributed by atoms with Crippen LogP contribution in [0.5, 0.6) is 0 Å². The highest BCUT2D eigenvalue weighted by atomic mass is 28.4. The molecule has 0 N–H and O–H groups in total. The van der Waals surface area contributed by atoms with E-state index in [1.807, 2.05) is 0 Å². The normalized spacial score (nSPS) is 19.9. The summed E-state index contributed by atoms with van der Waals surface area (Å²) in [6, 6.07) is 0. The van der Waals surface area contributed by atoms with Gasteiger partial charge in [0.15, 0.2) is 0 Å². The topological polar surface area (TPSA) is 55.4 Å². The Morgan fingerprint density at radius 2 is 1.06 bits per heavy atom. The maximum Gasteiger partial charge on any atom is 0.534 e. The first-order chi connectivity index (χ1) is 8.42. The molecule has 0 amide bonds. The van der Waals surface area contributed by atoms with Crippen molar-refractivity contribution in [1.82, 2.24) is 0 Å². The summed E-state index contributed by atoms with van der Waals surface area (Å²) in [5.74, 6) is 0. The molecule has 3 atom stereocenters. The van der Waals surface area contributed by atoms with Gasteiger partial charge in [0.25, 0.3) is 0 Å². The van der Waals surface area contributed by atoms with Gasteiger partial charge in [-0.3, -0.25) is 0 Å². The Labute approximate surface area is 110 Å². The van der Waals surface area contributed by atoms with E-state index in [1.165, 1.54) is 27.0 Å². The highest BCUT2D eigenvalue weighted by Crippen LogP contribution is 2.19. The van der Waals surface area contributed by atoms with Gasteiger partial charge < -0.3 is 27.5 Å². The molecule has 3 unspecified atom stereocenters. The molecular formula is C11H24O6Si. The van der Waals surface area contributed by atoms with E-state index in [0.717, 1.165) is 0 Å². The van der Waals surface area contributed by atoms with E-state index < -0.39 is 27.7 Å². The zero-order valence-electron chi connectivity index (χ0n) is 12.0. The summed E-state index contributed by atoms with van der Waals surface area (Å²) >= 11 is 0. The van der Waals surface area contributed by atoms with Gasteiger partial charge in [-0.2, -0.15) is 0 Å². The van der Waals surface area contributed by atoms with Gasteiger partial charge in [-0.1, -0.05) is 6.58 Å². The SMILES string of the molecule is C=C[Si](OC(C)OC)(OC(C)OC)OC(C)OC. The summed E-state index contributed by atoms with van der Waals surface area (Å²) in [5.41, 5.74) is 1.52. The lowest BCUT2D eigenvalue weighted by atomic mass is 10.8. The molecule has 0 radical (unpaired) electrons. The van der Waals surface area contributed by atoms with Crippen molar-refractivity contribution < 1.29 is 27.5 Å². The van der Waals surface area contributed by atoms with Gasteiger partial charge in [0.2, 0.25) is 0 Å². The molecule has 0 saturated carbocycles. The molecule has 0 rings (SSSR count). The molecule has 0 aliphatic rings. The van der Waals surface area contributed by atoms with Crippen molar-refractivity contribution in [3.8, 4) is 0 Å². The second kappa shape index (κ2) is 8.76. The van der Waals surface area contributed by atoms with Crippen LogP contribution < -0.4 is 0 Å². The fourth-order valence-corrected chi connectivity index (χ4v) is 3.20. The Morgan fingerprint density at radius 1 is 0.778 bits per heavy atom. The third kappa shape index (κ3) is 6.05. The van der Waals surface area contributed by atoms with E-state index in [1.54, 1.807) is 20.8 Å². The molecule has 108 valence electrons. The molecule has 0 aromatic carbocycles. The number of hydrogen-bond donors (Lipinski definition) is 0. The Balaban J connectivity index is 4.87. The third-order valence-corrected chi connectivity index (χ3v) is 4.72. The fraction of sp³-hybridized carbons (Fsp3) is 0.818. The van der Waals surface area contributed by atoms with Crippen molar-refractivity contribution in [2.24, 2.45) is 0 Å². The Bertz CT molecular complexity index is 206. The summed E-state index contributed by atoms with van der Waals surface area (Å²) in [6.45, 7) is 8.94. The fourth-order valence-electron chi connectivity index (χ4n) is 1.07. The quantitative estimate of drug-likeness (QED) is 0.448. The minimum Gasteiger partial charge on any atom is -0.357 e. The molecule has 0 bridgehead atoms. The van der Waals surface area contributed by atoms with Crippen LogP contribution in [0.3, 0.4) is 0 Å². The molecule has 7 heteroatoms. The van der Waals surface area contributed by atoms with E-state index in [0.29, 0.717) is 0 Å². The molecule has 0 aromatic heterocycles. The lowest BCUT2D eigenvalue weighted by Crippen LogP contribution is -2.51. The molecule has 6 nitrogen and oxygen atoms in total. The highest BCUT2D eigenvalue weighted by Gasteiger charge is 2.43. The Morgan fingerprint density at radius 3 is 1.22 bits per heavy atom. The smallest absolute Gasteiger partial charge is 0.357 e. The summed E-state index contributed by atoms with van der Waals surface area (Å²) in [6.07, 6.45) is -1.45. The first-order valence-corrected chi connectivity index (χ1v) is 7.48. The van der Waals surface area contributed by atoms with E-state index in [9.17, 15) is 0 Å². The van der Waals surface area contributed by atoms with Crippen LogP contribution in [0, 0.1) is 0 Å². The lowest BCUT2D eigenvalue weighted by molar-refractivity contribution is -0.157. The van der Waals surface area contributed by atoms with Gasteiger partial charge in [0, 0.05) is 21.3 Å². The van der Waals surface area contributed by atoms with Gasteiger partial charge >= 0.3 is 8.80 Å². The van der Waals surface area contributed by atoms with E-state index in [-0.39, 0.29) is 0 Å². The summed E-state index contributed by atoms with van der Waals surface area (Å²) in [7, 11) is 1.47. The van der Waals surface area contributed by atoms with Crippen LogP contribution in [-0.2, 0) is 27.5 Å². The number of methoxy groups -OCH3 is 3. The molecule has 0 heterocycles. The summed E-state index contributed by atoms with van der Waals surface area (Å²) in [5, 5.41) is 0. The average Bonchev–Trinajstić information content (AvgIpc) is 2.37. The van der Waals surface area contributed by atoms with Crippen LogP contribution in [0.4, 0.5) is 0 Å². The first kappa shape index (κ1) is 17.7. The Hall–Kier alpha value is -0.283. The van der Waals surface area contributed by atoms with Crippen molar-refractivity contribution >= 4 is 8.80 Å². The molecule has 0 aromatic rings. The number of rotatable bonds is 10. The van der Waals surface area contributed by atoms with Gasteiger partial charge in [0.05, 0.1) is 0 Å². The highest BCUT2D eigenvalue weighted by molar-refractivity contribution is 6.66. The maximum absolute atomic E-state index is 5.68. The van der Waals surface area contributed by atoms with Gasteiger partial charge in [-0.05, 0) is 26.5 Å². The third-order valence-electron chi connectivity index (χ3n) is 2.24. The molecule has 0 aliphatic heterocycles. The predicted octanol–water partition coefficient (Wildman–Crippen LogP) is 1.68. The molecule has 0 aliphatic carbocycles. The zero-order valence-corrected chi connectivity index (χ0v) is 13.0. The van der Waals surface area contributed by atoms with Gasteiger partial charge in [0.1, 0.15) is 18.9 Å². The van der Waals surface area contributed by atoms with Crippen LogP contribution in [0.2, 0.25) is 0 Å². The standard InChI is InChI=1S/C11H24O6Si/c1-8-18(15-9(2)12-5,16-10(3)13-6)17-11(4)14-7/h8-11H,1H2,2-7H3. The summed E-state index contributed by atoms with van der Waals surface area (Å²) in [4.78, 5) is 0. The summed E-state index contributed by atoms with van der Waals surface area (Å²) < 4.78 is 32.2. The van der Waals surface area contributed by atoms with Gasteiger partial charge in [-0.25, -0.2) is 0 Å². The number of hydrogen-bond acceptors (Lipinski definition) is 6. The van der Waals surface area contributed by atoms with Gasteiger partial charge in [-0.15, -0.1) is 0 Å². The molecule has 18 heavy (non-hydrogen) atoms. The minimum absolute atomic E-state index is 0.484. The molecule has 0 spiro atoms. The monoisotopic (exact) mass is 280 g/mol. The van der Waals surface area contributed by atoms with Crippen molar-refractivity contribution in [1.29, 1.82) is 0 Å². The molecule has 0 fully saturated rings. The van der Waals surface area contributed by atoms with Crippen LogP contribution in [0.15, 0.2) is 12.3 Å². The zero-order chi connectivity index (χ0) is 14.2. The molecular weight excluding hydrogens is 256 g/mol. The van der Waals surface area contributed by atoms with Crippen LogP contribution in [0.25, 0.3) is 0 Å². The van der Waals surface area contributed by atoms with Crippen LogP contribution in [0.1, 0.15) is 20.8 Å². The second-order valence-electron chi connectivity index (χ2n) is 3.57. The van der Waals surface area contributed by atoms with Crippen molar-refractivity contribution in [2.45, 2.75) is 39.6 Å². The maximum atomic E-state index is 5.68. The minimum atomic E-state index is -3.13. The second-order valence-corrected chi connectivity index (χ2v) is 5.89. The molecule has 0 saturated heterocycles. The van der Waals surface area contributed by atoms with Crippen LogP contribution >= 0.6 is 0 Å². The van der Waals surface area contributed by atoms with Crippen LogP contribution in [-0.4, -0.2) is 49.0 Å².